The van der Waals surface area contributed by atoms with E-state index in [1.54, 1.807) is 18.2 Å². The normalized spacial score (nSPS) is 10.6. The minimum Gasteiger partial charge on any atom is -0.465 e. The third-order valence-electron chi connectivity index (χ3n) is 3.65. The van der Waals surface area contributed by atoms with Crippen molar-refractivity contribution >= 4 is 40.0 Å². The Kier molecular flexibility index (Phi) is 4.49. The molecule has 0 bridgehead atoms. The van der Waals surface area contributed by atoms with E-state index in [9.17, 15) is 14.4 Å². The molecule has 3 rings (SSSR count). The van der Waals surface area contributed by atoms with Crippen molar-refractivity contribution in [3.63, 3.8) is 0 Å². The second-order valence-corrected chi connectivity index (χ2v) is 5.28. The van der Waals surface area contributed by atoms with Gasteiger partial charge in [-0.15, -0.1) is 0 Å². The van der Waals surface area contributed by atoms with Gasteiger partial charge >= 0.3 is 17.9 Å². The van der Waals surface area contributed by atoms with Gasteiger partial charge in [-0.2, -0.15) is 0 Å². The van der Waals surface area contributed by atoms with Gasteiger partial charge in [-0.25, -0.2) is 19.6 Å². The van der Waals surface area contributed by atoms with E-state index in [4.69, 9.17) is 14.2 Å². The molecule has 0 saturated carbocycles. The van der Waals surface area contributed by atoms with Crippen LogP contribution in [0.15, 0.2) is 30.3 Å². The summed E-state index contributed by atoms with van der Waals surface area (Å²) in [7, 11) is 2.51. The van der Waals surface area contributed by atoms with Crippen molar-refractivity contribution in [3.05, 3.63) is 41.5 Å². The van der Waals surface area contributed by atoms with Gasteiger partial charge in [-0.05, 0) is 24.3 Å². The molecule has 0 aliphatic heterocycles. The summed E-state index contributed by atoms with van der Waals surface area (Å²) in [5.41, 5.74) is 1.37. The molecule has 8 nitrogen and oxygen atoms in total. The van der Waals surface area contributed by atoms with Crippen molar-refractivity contribution in [3.8, 4) is 5.75 Å². The maximum absolute atomic E-state index is 12.0. The predicted molar refractivity (Wildman–Crippen MR) is 91.0 cm³/mol. The number of benzene rings is 2. The fourth-order valence-corrected chi connectivity index (χ4v) is 2.54. The summed E-state index contributed by atoms with van der Waals surface area (Å²) >= 11 is 0. The molecule has 1 aromatic heterocycles. The molecule has 8 heteroatoms. The first kappa shape index (κ1) is 17.3. The zero-order chi connectivity index (χ0) is 18.8. The van der Waals surface area contributed by atoms with E-state index in [0.29, 0.717) is 5.52 Å². The van der Waals surface area contributed by atoms with Crippen LogP contribution in [0.2, 0.25) is 0 Å². The van der Waals surface area contributed by atoms with Crippen molar-refractivity contribution in [2.24, 2.45) is 0 Å². The molecule has 0 N–H and O–H groups in total. The van der Waals surface area contributed by atoms with Crippen molar-refractivity contribution in [1.82, 2.24) is 9.97 Å². The van der Waals surface area contributed by atoms with Crippen molar-refractivity contribution < 1.29 is 28.6 Å². The molecule has 0 spiro atoms. The summed E-state index contributed by atoms with van der Waals surface area (Å²) in [5, 5.41) is 0. The molecular formula is C18H14N2O6. The number of aromatic nitrogens is 2. The lowest BCUT2D eigenvalue weighted by molar-refractivity contribution is -0.131. The second kappa shape index (κ2) is 6.75. The summed E-state index contributed by atoms with van der Waals surface area (Å²) < 4.78 is 14.7. The van der Waals surface area contributed by atoms with E-state index < -0.39 is 17.9 Å². The van der Waals surface area contributed by atoms with E-state index in [0.717, 1.165) is 0 Å². The number of carbonyl (C=O) groups is 3. The van der Waals surface area contributed by atoms with Gasteiger partial charge in [0.15, 0.2) is 5.75 Å². The van der Waals surface area contributed by atoms with Crippen LogP contribution in [0.3, 0.4) is 0 Å². The van der Waals surface area contributed by atoms with Gasteiger partial charge in [0.05, 0.1) is 30.9 Å². The Hall–Kier alpha value is -3.55. The molecule has 3 aromatic rings. The molecule has 26 heavy (non-hydrogen) atoms. The highest BCUT2D eigenvalue weighted by molar-refractivity contribution is 6.08. The first-order valence-corrected chi connectivity index (χ1v) is 7.54. The van der Waals surface area contributed by atoms with Gasteiger partial charge in [0.25, 0.3) is 0 Å². The van der Waals surface area contributed by atoms with Crippen LogP contribution in [-0.4, -0.2) is 42.1 Å². The summed E-state index contributed by atoms with van der Waals surface area (Å²) in [4.78, 5) is 44.3. The van der Waals surface area contributed by atoms with E-state index >= 15 is 0 Å². The molecular weight excluding hydrogens is 340 g/mol. The van der Waals surface area contributed by atoms with Crippen LogP contribution in [0.25, 0.3) is 22.1 Å². The lowest BCUT2D eigenvalue weighted by Gasteiger charge is -2.11. The highest BCUT2D eigenvalue weighted by Gasteiger charge is 2.20. The lowest BCUT2D eigenvalue weighted by Crippen LogP contribution is -2.09. The molecule has 1 heterocycles. The number of hydrogen-bond donors (Lipinski definition) is 0. The first-order chi connectivity index (χ1) is 12.5. The molecule has 132 valence electrons. The molecule has 0 saturated heterocycles. The van der Waals surface area contributed by atoms with E-state index in [-0.39, 0.29) is 33.4 Å². The van der Waals surface area contributed by atoms with Crippen molar-refractivity contribution in [2.45, 2.75) is 6.92 Å². The van der Waals surface area contributed by atoms with Crippen molar-refractivity contribution in [2.75, 3.05) is 14.2 Å². The number of carbonyl (C=O) groups excluding carboxylic acids is 3. The van der Waals surface area contributed by atoms with E-state index in [1.807, 2.05) is 0 Å². The monoisotopic (exact) mass is 354 g/mol. The average Bonchev–Trinajstić information content (AvgIpc) is 2.64. The Bertz CT molecular complexity index is 1060. The summed E-state index contributed by atoms with van der Waals surface area (Å²) in [6.07, 6.45) is 0. The third-order valence-corrected chi connectivity index (χ3v) is 3.65. The zero-order valence-corrected chi connectivity index (χ0v) is 14.2. The highest BCUT2D eigenvalue weighted by Crippen LogP contribution is 2.29. The molecule has 0 aliphatic rings. The van der Waals surface area contributed by atoms with Crippen molar-refractivity contribution in [1.29, 1.82) is 0 Å². The largest absolute Gasteiger partial charge is 0.465 e. The van der Waals surface area contributed by atoms with Crippen LogP contribution < -0.4 is 4.74 Å². The predicted octanol–water partition coefficient (Wildman–Crippen LogP) is 2.28. The summed E-state index contributed by atoms with van der Waals surface area (Å²) in [6, 6.07) is 7.69. The zero-order valence-electron chi connectivity index (χ0n) is 14.2. The number of esters is 3. The number of para-hydroxylation sites is 1. The Labute approximate surface area is 147 Å². The summed E-state index contributed by atoms with van der Waals surface area (Å²) in [5.74, 6) is -1.63. The quantitative estimate of drug-likeness (QED) is 0.401. The molecule has 0 fully saturated rings. The number of ether oxygens (including phenoxy) is 3. The Morgan fingerprint density at radius 1 is 0.808 bits per heavy atom. The molecule has 2 aromatic carbocycles. The SMILES string of the molecule is COC(=O)c1cccc2nc3c(C(=O)OC)ccc(OC(C)=O)c3nc12. The maximum Gasteiger partial charge on any atom is 0.340 e. The van der Waals surface area contributed by atoms with Gasteiger partial charge in [0.1, 0.15) is 16.6 Å². The topological polar surface area (TPSA) is 105 Å². The van der Waals surface area contributed by atoms with Crippen LogP contribution in [0.1, 0.15) is 27.6 Å². The van der Waals surface area contributed by atoms with E-state index in [1.165, 1.54) is 33.3 Å². The lowest BCUT2D eigenvalue weighted by atomic mass is 10.1. The maximum atomic E-state index is 12.0. The number of hydrogen-bond acceptors (Lipinski definition) is 8. The molecule has 0 radical (unpaired) electrons. The molecule has 0 unspecified atom stereocenters. The van der Waals surface area contributed by atoms with Gasteiger partial charge in [0.2, 0.25) is 0 Å². The Morgan fingerprint density at radius 2 is 1.46 bits per heavy atom. The third kappa shape index (κ3) is 2.92. The van der Waals surface area contributed by atoms with E-state index in [2.05, 4.69) is 9.97 Å². The van der Waals surface area contributed by atoms with Crippen LogP contribution in [0, 0.1) is 0 Å². The standard InChI is InChI=1S/C18H14N2O6/c1-9(21)26-13-8-7-11(18(23)25-3)15-16(13)20-14-10(17(22)24-2)5-4-6-12(14)19-15/h4-8H,1-3H3. The fraction of sp³-hybridized carbons (Fsp3) is 0.167. The number of nitrogens with zero attached hydrogens (tertiary/aromatic N) is 2. The minimum absolute atomic E-state index is 0.120. The van der Waals surface area contributed by atoms with Crippen LogP contribution in [0.5, 0.6) is 5.75 Å². The first-order valence-electron chi connectivity index (χ1n) is 7.54. The Morgan fingerprint density at radius 3 is 2.08 bits per heavy atom. The number of fused-ring (bicyclic) bond motifs is 2. The summed E-state index contributed by atoms with van der Waals surface area (Å²) in [6.45, 7) is 1.24. The second-order valence-electron chi connectivity index (χ2n) is 5.28. The minimum atomic E-state index is -0.609. The van der Waals surface area contributed by atoms with Gasteiger partial charge in [-0.3, -0.25) is 4.79 Å². The fourth-order valence-electron chi connectivity index (χ4n) is 2.54. The van der Waals surface area contributed by atoms with Crippen LogP contribution >= 0.6 is 0 Å². The smallest absolute Gasteiger partial charge is 0.340 e. The van der Waals surface area contributed by atoms with Gasteiger partial charge in [0, 0.05) is 6.92 Å². The van der Waals surface area contributed by atoms with Crippen LogP contribution in [0.4, 0.5) is 0 Å². The van der Waals surface area contributed by atoms with Gasteiger partial charge in [-0.1, -0.05) is 6.07 Å². The number of methoxy groups -OCH3 is 2. The van der Waals surface area contributed by atoms with Gasteiger partial charge < -0.3 is 14.2 Å². The van der Waals surface area contributed by atoms with Crippen LogP contribution in [-0.2, 0) is 14.3 Å². The molecule has 0 aliphatic carbocycles. The average molecular weight is 354 g/mol. The molecule has 0 amide bonds. The Balaban J connectivity index is 2.41. The highest BCUT2D eigenvalue weighted by atomic mass is 16.5. The number of rotatable bonds is 3. The molecule has 0 atom stereocenters.